The van der Waals surface area contributed by atoms with Crippen molar-refractivity contribution in [1.82, 2.24) is 5.32 Å². The summed E-state index contributed by atoms with van der Waals surface area (Å²) in [6.07, 6.45) is 0. The Morgan fingerprint density at radius 2 is 1.55 bits per heavy atom. The van der Waals surface area contributed by atoms with Crippen molar-refractivity contribution in [2.45, 2.75) is 31.5 Å². The predicted octanol–water partition coefficient (Wildman–Crippen LogP) is 5.36. The molecular formula is C26H28ClN3O3. The Morgan fingerprint density at radius 3 is 2.09 bits per heavy atom. The average Bonchev–Trinajstić information content (AvgIpc) is 3.19. The van der Waals surface area contributed by atoms with Crippen molar-refractivity contribution in [2.75, 3.05) is 24.9 Å². The minimum absolute atomic E-state index is 0.0414. The van der Waals surface area contributed by atoms with Gasteiger partial charge in [0, 0.05) is 16.6 Å². The normalized spacial score (nSPS) is 14.6. The monoisotopic (exact) mass is 465 g/mol. The number of hydrogen-bond acceptors (Lipinski definition) is 5. The van der Waals surface area contributed by atoms with E-state index >= 15 is 0 Å². The highest BCUT2D eigenvalue weighted by Gasteiger charge is 2.51. The zero-order valence-electron chi connectivity index (χ0n) is 19.1. The molecule has 7 heteroatoms. The highest BCUT2D eigenvalue weighted by Crippen LogP contribution is 2.51. The molecule has 1 heterocycles. The number of halogens is 1. The van der Waals surface area contributed by atoms with E-state index in [4.69, 9.17) is 21.1 Å². The molecule has 0 aliphatic carbocycles. The van der Waals surface area contributed by atoms with Crippen molar-refractivity contribution in [2.24, 2.45) is 0 Å². The molecule has 6 nitrogen and oxygen atoms in total. The van der Waals surface area contributed by atoms with Crippen LogP contribution in [0.1, 0.15) is 30.9 Å². The van der Waals surface area contributed by atoms with Gasteiger partial charge in [-0.05, 0) is 49.7 Å². The van der Waals surface area contributed by atoms with E-state index in [1.807, 2.05) is 68.4 Å². The van der Waals surface area contributed by atoms with Crippen LogP contribution in [0.3, 0.4) is 0 Å². The number of carbonyl (C=O) groups is 1. The zero-order valence-corrected chi connectivity index (χ0v) is 19.9. The van der Waals surface area contributed by atoms with Crippen molar-refractivity contribution >= 4 is 28.9 Å². The smallest absolute Gasteiger partial charge is 0.232 e. The number of methoxy groups -OCH3 is 2. The van der Waals surface area contributed by atoms with Crippen LogP contribution < -0.4 is 25.4 Å². The molecule has 3 N–H and O–H groups in total. The summed E-state index contributed by atoms with van der Waals surface area (Å²) < 4.78 is 11.4. The summed E-state index contributed by atoms with van der Waals surface area (Å²) in [6.45, 7) is 3.89. The van der Waals surface area contributed by atoms with Gasteiger partial charge in [-0.1, -0.05) is 48.0 Å². The lowest BCUT2D eigenvalue weighted by atomic mass is 9.79. The van der Waals surface area contributed by atoms with Gasteiger partial charge in [-0.2, -0.15) is 0 Å². The molecule has 1 aliphatic rings. The lowest BCUT2D eigenvalue weighted by molar-refractivity contribution is -0.124. The van der Waals surface area contributed by atoms with Crippen LogP contribution >= 0.6 is 11.6 Å². The SMILES string of the molecule is COc1cccc(C2(C(C(=O)NC(C)C)c3ccc(Cl)cc3)Nc3ccccc3N2)c1OC. The van der Waals surface area contributed by atoms with E-state index < -0.39 is 11.6 Å². The summed E-state index contributed by atoms with van der Waals surface area (Å²) in [7, 11) is 3.20. The maximum absolute atomic E-state index is 13.8. The van der Waals surface area contributed by atoms with Gasteiger partial charge in [0.1, 0.15) is 5.92 Å². The molecule has 33 heavy (non-hydrogen) atoms. The Balaban J connectivity index is 1.99. The van der Waals surface area contributed by atoms with E-state index in [2.05, 4.69) is 16.0 Å². The second kappa shape index (κ2) is 9.24. The van der Waals surface area contributed by atoms with Gasteiger partial charge in [-0.3, -0.25) is 4.79 Å². The molecule has 4 rings (SSSR count). The molecule has 1 unspecified atom stereocenters. The number of nitrogens with one attached hydrogen (secondary N) is 3. The first-order valence-corrected chi connectivity index (χ1v) is 11.2. The van der Waals surface area contributed by atoms with E-state index in [1.54, 1.807) is 26.4 Å². The Hall–Kier alpha value is -3.38. The molecule has 0 radical (unpaired) electrons. The van der Waals surface area contributed by atoms with Gasteiger partial charge in [0.15, 0.2) is 17.2 Å². The van der Waals surface area contributed by atoms with E-state index in [1.165, 1.54) is 0 Å². The zero-order chi connectivity index (χ0) is 23.6. The maximum Gasteiger partial charge on any atom is 0.232 e. The highest BCUT2D eigenvalue weighted by molar-refractivity contribution is 6.30. The fraction of sp³-hybridized carbons (Fsp3) is 0.269. The summed E-state index contributed by atoms with van der Waals surface area (Å²) in [6, 6.07) is 20.9. The first-order chi connectivity index (χ1) is 15.9. The molecule has 0 saturated heterocycles. The van der Waals surface area contributed by atoms with Crippen LogP contribution in [-0.2, 0) is 10.5 Å². The summed E-state index contributed by atoms with van der Waals surface area (Å²) in [4.78, 5) is 13.8. The van der Waals surface area contributed by atoms with Gasteiger partial charge in [-0.25, -0.2) is 0 Å². The minimum Gasteiger partial charge on any atom is -0.493 e. The van der Waals surface area contributed by atoms with Crippen LogP contribution in [0.5, 0.6) is 11.5 Å². The van der Waals surface area contributed by atoms with Gasteiger partial charge in [-0.15, -0.1) is 0 Å². The summed E-state index contributed by atoms with van der Waals surface area (Å²) in [5, 5.41) is 10.9. The third-order valence-corrected chi connectivity index (χ3v) is 6.00. The second-order valence-electron chi connectivity index (χ2n) is 8.29. The van der Waals surface area contributed by atoms with Crippen LogP contribution in [0.15, 0.2) is 66.7 Å². The Bertz CT molecular complexity index is 1120. The van der Waals surface area contributed by atoms with Crippen LogP contribution in [0.4, 0.5) is 11.4 Å². The van der Waals surface area contributed by atoms with Gasteiger partial charge >= 0.3 is 0 Å². The van der Waals surface area contributed by atoms with Crippen molar-refractivity contribution in [3.8, 4) is 11.5 Å². The number of ether oxygens (including phenoxy) is 2. The Labute approximate surface area is 199 Å². The molecule has 0 aromatic heterocycles. The molecule has 1 aliphatic heterocycles. The third-order valence-electron chi connectivity index (χ3n) is 5.75. The van der Waals surface area contributed by atoms with E-state index in [-0.39, 0.29) is 11.9 Å². The van der Waals surface area contributed by atoms with Crippen molar-refractivity contribution < 1.29 is 14.3 Å². The topological polar surface area (TPSA) is 71.6 Å². The number of rotatable bonds is 7. The number of hydrogen-bond donors (Lipinski definition) is 3. The number of benzene rings is 3. The standard InChI is InChI=1S/C26H28ClN3O3/c1-16(2)28-25(31)23(17-12-14-18(27)15-13-17)26(29-20-9-5-6-10-21(20)30-26)19-8-7-11-22(32-3)24(19)33-4/h5-16,23,29-30H,1-4H3,(H,28,31). The molecule has 3 aromatic carbocycles. The molecule has 172 valence electrons. The number of carbonyl (C=O) groups excluding carboxylic acids is 1. The third kappa shape index (κ3) is 4.18. The molecule has 0 fully saturated rings. The summed E-state index contributed by atoms with van der Waals surface area (Å²) in [5.41, 5.74) is 2.27. The predicted molar refractivity (Wildman–Crippen MR) is 132 cm³/mol. The Kier molecular flexibility index (Phi) is 6.38. The van der Waals surface area contributed by atoms with Crippen LogP contribution in [-0.4, -0.2) is 26.2 Å². The number of para-hydroxylation sites is 3. The van der Waals surface area contributed by atoms with Crippen LogP contribution in [0.2, 0.25) is 5.02 Å². The van der Waals surface area contributed by atoms with E-state index in [0.29, 0.717) is 16.5 Å². The van der Waals surface area contributed by atoms with Crippen LogP contribution in [0.25, 0.3) is 0 Å². The molecular weight excluding hydrogens is 438 g/mol. The molecule has 1 atom stereocenters. The molecule has 0 spiro atoms. The lowest BCUT2D eigenvalue weighted by Gasteiger charge is -2.39. The fourth-order valence-corrected chi connectivity index (χ4v) is 4.54. The van der Waals surface area contributed by atoms with Gasteiger partial charge in [0.05, 0.1) is 25.6 Å². The van der Waals surface area contributed by atoms with Crippen molar-refractivity contribution in [3.05, 3.63) is 82.9 Å². The minimum atomic E-state index is -1.06. The first-order valence-electron chi connectivity index (χ1n) is 10.8. The fourth-order valence-electron chi connectivity index (χ4n) is 4.41. The van der Waals surface area contributed by atoms with E-state index in [0.717, 1.165) is 22.5 Å². The number of amides is 1. The molecule has 0 bridgehead atoms. The molecule has 1 amide bonds. The largest absolute Gasteiger partial charge is 0.493 e. The van der Waals surface area contributed by atoms with Gasteiger partial charge < -0.3 is 25.4 Å². The van der Waals surface area contributed by atoms with Gasteiger partial charge in [0.25, 0.3) is 0 Å². The summed E-state index contributed by atoms with van der Waals surface area (Å²) >= 11 is 6.18. The summed E-state index contributed by atoms with van der Waals surface area (Å²) in [5.74, 6) is 0.313. The highest BCUT2D eigenvalue weighted by atomic mass is 35.5. The number of fused-ring (bicyclic) bond motifs is 1. The lowest BCUT2D eigenvalue weighted by Crippen LogP contribution is -2.52. The second-order valence-corrected chi connectivity index (χ2v) is 8.73. The average molecular weight is 466 g/mol. The van der Waals surface area contributed by atoms with E-state index in [9.17, 15) is 4.79 Å². The molecule has 0 saturated carbocycles. The van der Waals surface area contributed by atoms with Gasteiger partial charge in [0.2, 0.25) is 5.91 Å². The quantitative estimate of drug-likeness (QED) is 0.438. The van der Waals surface area contributed by atoms with Crippen LogP contribution in [0, 0.1) is 0 Å². The van der Waals surface area contributed by atoms with Crippen molar-refractivity contribution in [3.63, 3.8) is 0 Å². The maximum atomic E-state index is 13.8. The van der Waals surface area contributed by atoms with Crippen molar-refractivity contribution in [1.29, 1.82) is 0 Å². The Morgan fingerprint density at radius 1 is 0.909 bits per heavy atom. The first kappa shape index (κ1) is 22.8. The number of anilines is 2. The molecule has 3 aromatic rings.